The highest BCUT2D eigenvalue weighted by Crippen LogP contribution is 2.41. The number of carboxylic acids is 1. The third kappa shape index (κ3) is 3.74. The summed E-state index contributed by atoms with van der Waals surface area (Å²) in [5, 5.41) is 12.1. The van der Waals surface area contributed by atoms with Crippen molar-refractivity contribution in [3.05, 3.63) is 0 Å². The van der Waals surface area contributed by atoms with E-state index in [2.05, 4.69) is 26.1 Å². The SMILES string of the molecule is CC1CC(C(=O)N[C@H]2CC[C@@H](C(=O)O)C2)CC(C)(C)C1. The van der Waals surface area contributed by atoms with Gasteiger partial charge in [-0.2, -0.15) is 0 Å². The van der Waals surface area contributed by atoms with E-state index in [4.69, 9.17) is 5.11 Å². The number of amides is 1. The lowest BCUT2D eigenvalue weighted by Crippen LogP contribution is -2.42. The molecule has 4 heteroatoms. The average molecular weight is 281 g/mol. The highest BCUT2D eigenvalue weighted by Gasteiger charge is 2.37. The fourth-order valence-corrected chi connectivity index (χ4v) is 4.20. The Kier molecular flexibility index (Phi) is 4.40. The topological polar surface area (TPSA) is 66.4 Å². The molecule has 4 atom stereocenters. The molecule has 2 N–H and O–H groups in total. The Bertz CT molecular complexity index is 391. The minimum atomic E-state index is -0.728. The van der Waals surface area contributed by atoms with Gasteiger partial charge in [-0.1, -0.05) is 20.8 Å². The van der Waals surface area contributed by atoms with E-state index in [-0.39, 0.29) is 29.2 Å². The molecular formula is C16H27NO3. The second kappa shape index (κ2) is 5.74. The van der Waals surface area contributed by atoms with Gasteiger partial charge in [-0.25, -0.2) is 0 Å². The van der Waals surface area contributed by atoms with Gasteiger partial charge in [0.15, 0.2) is 0 Å². The third-order valence-electron chi connectivity index (χ3n) is 4.89. The molecule has 2 fully saturated rings. The fraction of sp³-hybridized carbons (Fsp3) is 0.875. The van der Waals surface area contributed by atoms with E-state index < -0.39 is 5.97 Å². The molecule has 20 heavy (non-hydrogen) atoms. The van der Waals surface area contributed by atoms with Crippen LogP contribution in [-0.4, -0.2) is 23.0 Å². The quantitative estimate of drug-likeness (QED) is 0.836. The van der Waals surface area contributed by atoms with Crippen LogP contribution in [0.4, 0.5) is 0 Å². The van der Waals surface area contributed by atoms with Crippen molar-refractivity contribution < 1.29 is 14.7 Å². The van der Waals surface area contributed by atoms with Gasteiger partial charge in [0.05, 0.1) is 5.92 Å². The molecule has 0 radical (unpaired) electrons. The standard InChI is InChI=1S/C16H27NO3/c1-10-6-12(9-16(2,3)8-10)14(18)17-13-5-4-11(7-13)15(19)20/h10-13H,4-9H2,1-3H3,(H,17,18)(H,19,20)/t10?,11-,12?,13+/m1/s1. The van der Waals surface area contributed by atoms with Crippen molar-refractivity contribution in [2.75, 3.05) is 0 Å². The van der Waals surface area contributed by atoms with Gasteiger partial charge < -0.3 is 10.4 Å². The maximum atomic E-state index is 12.4. The predicted molar refractivity (Wildman–Crippen MR) is 77.2 cm³/mol. The van der Waals surface area contributed by atoms with Crippen molar-refractivity contribution in [1.82, 2.24) is 5.32 Å². The van der Waals surface area contributed by atoms with Crippen LogP contribution in [0.15, 0.2) is 0 Å². The first-order valence-corrected chi connectivity index (χ1v) is 7.80. The molecule has 0 saturated heterocycles. The number of hydrogen-bond donors (Lipinski definition) is 2. The first-order chi connectivity index (χ1) is 9.27. The minimum absolute atomic E-state index is 0.0592. The largest absolute Gasteiger partial charge is 0.481 e. The summed E-state index contributed by atoms with van der Waals surface area (Å²) in [6.07, 6.45) is 5.16. The normalized spacial score (nSPS) is 36.5. The zero-order valence-corrected chi connectivity index (χ0v) is 12.8. The molecule has 114 valence electrons. The summed E-state index contributed by atoms with van der Waals surface area (Å²) in [6.45, 7) is 6.69. The molecule has 0 bridgehead atoms. The number of nitrogens with one attached hydrogen (secondary N) is 1. The number of carbonyl (C=O) groups is 2. The summed E-state index contributed by atoms with van der Waals surface area (Å²) < 4.78 is 0. The Morgan fingerprint density at radius 1 is 1.10 bits per heavy atom. The van der Waals surface area contributed by atoms with Crippen LogP contribution in [0.5, 0.6) is 0 Å². The summed E-state index contributed by atoms with van der Waals surface area (Å²) in [4.78, 5) is 23.4. The Hall–Kier alpha value is -1.06. The van der Waals surface area contributed by atoms with Gasteiger partial charge in [0.25, 0.3) is 0 Å². The van der Waals surface area contributed by atoms with Crippen LogP contribution in [0.3, 0.4) is 0 Å². The van der Waals surface area contributed by atoms with Gasteiger partial charge in [-0.3, -0.25) is 9.59 Å². The van der Waals surface area contributed by atoms with Crippen molar-refractivity contribution >= 4 is 11.9 Å². The summed E-state index contributed by atoms with van der Waals surface area (Å²) in [7, 11) is 0. The van der Waals surface area contributed by atoms with E-state index in [0.717, 1.165) is 19.3 Å². The molecule has 2 aliphatic rings. The van der Waals surface area contributed by atoms with Gasteiger partial charge in [0, 0.05) is 12.0 Å². The maximum absolute atomic E-state index is 12.4. The molecule has 4 nitrogen and oxygen atoms in total. The van der Waals surface area contributed by atoms with Crippen molar-refractivity contribution in [3.63, 3.8) is 0 Å². The zero-order chi connectivity index (χ0) is 14.9. The monoisotopic (exact) mass is 281 g/mol. The molecule has 0 spiro atoms. The van der Waals surface area contributed by atoms with Crippen molar-refractivity contribution in [2.45, 2.75) is 65.3 Å². The summed E-state index contributed by atoms with van der Waals surface area (Å²) in [5.74, 6) is -0.181. The van der Waals surface area contributed by atoms with Crippen LogP contribution >= 0.6 is 0 Å². The van der Waals surface area contributed by atoms with Crippen molar-refractivity contribution in [2.24, 2.45) is 23.2 Å². The number of carboxylic acid groups (broad SMARTS) is 1. The van der Waals surface area contributed by atoms with Gasteiger partial charge in [-0.05, 0) is 49.9 Å². The van der Waals surface area contributed by atoms with Crippen LogP contribution in [0.1, 0.15) is 59.3 Å². The molecule has 0 aromatic heterocycles. The summed E-state index contributed by atoms with van der Waals surface area (Å²) >= 11 is 0. The van der Waals surface area contributed by atoms with Crippen LogP contribution in [-0.2, 0) is 9.59 Å². The number of carbonyl (C=O) groups excluding carboxylic acids is 1. The second-order valence-corrected chi connectivity index (χ2v) is 7.66. The molecule has 2 saturated carbocycles. The van der Waals surface area contributed by atoms with Gasteiger partial charge in [-0.15, -0.1) is 0 Å². The van der Waals surface area contributed by atoms with Crippen LogP contribution in [0.2, 0.25) is 0 Å². The van der Waals surface area contributed by atoms with E-state index in [1.165, 1.54) is 6.42 Å². The molecule has 2 aliphatic carbocycles. The molecule has 0 aliphatic heterocycles. The van der Waals surface area contributed by atoms with Crippen molar-refractivity contribution in [1.29, 1.82) is 0 Å². The lowest BCUT2D eigenvalue weighted by atomic mass is 9.68. The lowest BCUT2D eigenvalue weighted by Gasteiger charge is -2.38. The van der Waals surface area contributed by atoms with Gasteiger partial charge in [0.1, 0.15) is 0 Å². The molecule has 1 amide bonds. The van der Waals surface area contributed by atoms with E-state index >= 15 is 0 Å². The lowest BCUT2D eigenvalue weighted by molar-refractivity contribution is -0.141. The van der Waals surface area contributed by atoms with E-state index in [1.807, 2.05) is 0 Å². The Balaban J connectivity index is 1.87. The van der Waals surface area contributed by atoms with E-state index in [9.17, 15) is 9.59 Å². The highest BCUT2D eigenvalue weighted by molar-refractivity contribution is 5.79. The zero-order valence-electron chi connectivity index (χ0n) is 12.8. The van der Waals surface area contributed by atoms with Crippen LogP contribution in [0.25, 0.3) is 0 Å². The van der Waals surface area contributed by atoms with Crippen LogP contribution in [0, 0.1) is 23.2 Å². The van der Waals surface area contributed by atoms with Gasteiger partial charge >= 0.3 is 5.97 Å². The molecule has 2 rings (SSSR count). The van der Waals surface area contributed by atoms with E-state index in [1.54, 1.807) is 0 Å². The maximum Gasteiger partial charge on any atom is 0.306 e. The first kappa shape index (κ1) is 15.3. The summed E-state index contributed by atoms with van der Waals surface area (Å²) in [6, 6.07) is 0.0592. The second-order valence-electron chi connectivity index (χ2n) is 7.66. The molecular weight excluding hydrogens is 254 g/mol. The predicted octanol–water partition coefficient (Wildman–Crippen LogP) is 2.82. The average Bonchev–Trinajstić information content (AvgIpc) is 2.74. The fourth-order valence-electron chi connectivity index (χ4n) is 4.20. The smallest absolute Gasteiger partial charge is 0.306 e. The molecule has 0 aromatic carbocycles. The van der Waals surface area contributed by atoms with E-state index in [0.29, 0.717) is 18.8 Å². The Morgan fingerprint density at radius 3 is 2.35 bits per heavy atom. The Labute approximate surface area is 121 Å². The van der Waals surface area contributed by atoms with Crippen molar-refractivity contribution in [3.8, 4) is 0 Å². The number of aliphatic carboxylic acids is 1. The highest BCUT2D eigenvalue weighted by atomic mass is 16.4. The van der Waals surface area contributed by atoms with Gasteiger partial charge in [0.2, 0.25) is 5.91 Å². The number of rotatable bonds is 3. The molecule has 2 unspecified atom stereocenters. The van der Waals surface area contributed by atoms with Crippen LogP contribution < -0.4 is 5.32 Å². The third-order valence-corrected chi connectivity index (χ3v) is 4.89. The minimum Gasteiger partial charge on any atom is -0.481 e. The number of hydrogen-bond acceptors (Lipinski definition) is 2. The first-order valence-electron chi connectivity index (χ1n) is 7.80. The molecule has 0 heterocycles. The summed E-state index contributed by atoms with van der Waals surface area (Å²) in [5.41, 5.74) is 0.235. The Morgan fingerprint density at radius 2 is 1.80 bits per heavy atom. The molecule has 0 aromatic rings.